The number of fused-ring (bicyclic) bond motifs is 1. The number of aromatic nitrogens is 2. The van der Waals surface area contributed by atoms with Gasteiger partial charge in [-0.2, -0.15) is 0 Å². The number of para-hydroxylation sites is 2. The molecule has 0 bridgehead atoms. The van der Waals surface area contributed by atoms with Gasteiger partial charge < -0.3 is 9.13 Å². The number of benzene rings is 1. The number of nitrogens with zero attached hydrogens (tertiary/aromatic N) is 2. The largest absolute Gasteiger partial charge is 0.316 e. The molecule has 0 unspecified atom stereocenters. The lowest BCUT2D eigenvalue weighted by Crippen LogP contribution is -2.41. The molecular formula is C14H18N2O2. The van der Waals surface area contributed by atoms with Crippen LogP contribution < -0.4 is 11.1 Å². The highest BCUT2D eigenvalue weighted by molar-refractivity contribution is 5.75. The molecule has 1 heterocycles. The predicted molar refractivity (Wildman–Crippen MR) is 73.1 cm³/mol. The number of hydrogen-bond donors (Lipinski definition) is 0. The van der Waals surface area contributed by atoms with E-state index in [1.54, 1.807) is 9.13 Å². The molecule has 1 aromatic heterocycles. The predicted octanol–water partition coefficient (Wildman–Crippen LogP) is 1.98. The molecule has 0 saturated carbocycles. The van der Waals surface area contributed by atoms with Crippen molar-refractivity contribution in [3.63, 3.8) is 0 Å². The topological polar surface area (TPSA) is 44.0 Å². The first-order chi connectivity index (χ1) is 8.70. The minimum atomic E-state index is -0.424. The van der Waals surface area contributed by atoms with Crippen molar-refractivity contribution in [2.24, 2.45) is 0 Å². The van der Waals surface area contributed by atoms with Crippen LogP contribution in [0, 0.1) is 0 Å². The van der Waals surface area contributed by atoms with E-state index in [4.69, 9.17) is 0 Å². The first-order valence-electron chi connectivity index (χ1n) is 6.43. The Morgan fingerprint density at radius 1 is 0.944 bits per heavy atom. The van der Waals surface area contributed by atoms with Gasteiger partial charge in [-0.1, -0.05) is 25.5 Å². The third-order valence-corrected chi connectivity index (χ3v) is 3.19. The molecule has 0 saturated heterocycles. The average molecular weight is 246 g/mol. The van der Waals surface area contributed by atoms with Gasteiger partial charge >= 0.3 is 11.1 Å². The normalized spacial score (nSPS) is 11.0. The first kappa shape index (κ1) is 12.6. The van der Waals surface area contributed by atoms with Gasteiger partial charge in [-0.05, 0) is 25.5 Å². The van der Waals surface area contributed by atoms with Crippen molar-refractivity contribution in [1.29, 1.82) is 0 Å². The van der Waals surface area contributed by atoms with E-state index in [9.17, 15) is 9.59 Å². The summed E-state index contributed by atoms with van der Waals surface area (Å²) in [4.78, 5) is 24.1. The summed E-state index contributed by atoms with van der Waals surface area (Å²) < 4.78 is 3.15. The molecule has 4 nitrogen and oxygen atoms in total. The van der Waals surface area contributed by atoms with Crippen LogP contribution in [0.25, 0.3) is 11.0 Å². The van der Waals surface area contributed by atoms with Crippen molar-refractivity contribution in [3.8, 4) is 0 Å². The van der Waals surface area contributed by atoms with E-state index in [1.165, 1.54) is 0 Å². The highest BCUT2D eigenvalue weighted by Crippen LogP contribution is 2.10. The van der Waals surface area contributed by atoms with Gasteiger partial charge in [-0.15, -0.1) is 0 Å². The number of rotatable bonds is 4. The fourth-order valence-electron chi connectivity index (χ4n) is 2.22. The molecule has 18 heavy (non-hydrogen) atoms. The van der Waals surface area contributed by atoms with Gasteiger partial charge in [0.05, 0.1) is 11.0 Å². The van der Waals surface area contributed by atoms with Crippen LogP contribution in [0.3, 0.4) is 0 Å². The Hall–Kier alpha value is -1.84. The lowest BCUT2D eigenvalue weighted by atomic mass is 10.2. The molecule has 0 aliphatic carbocycles. The Bertz CT molecular complexity index is 668. The van der Waals surface area contributed by atoms with Gasteiger partial charge in [0.25, 0.3) is 0 Å². The molecule has 0 spiro atoms. The third-order valence-electron chi connectivity index (χ3n) is 3.19. The standard InChI is InChI=1S/C14H18N2O2/c1-3-5-10-16-12-9-7-6-8-11(12)15(4-2)13(17)14(16)18/h6-9H,3-5,10H2,1-2H3. The van der Waals surface area contributed by atoms with E-state index in [2.05, 4.69) is 6.92 Å². The van der Waals surface area contributed by atoms with Crippen molar-refractivity contribution in [2.45, 2.75) is 39.8 Å². The Kier molecular flexibility index (Phi) is 3.65. The van der Waals surface area contributed by atoms with Crippen molar-refractivity contribution < 1.29 is 0 Å². The number of unbranched alkanes of at least 4 members (excludes halogenated alkanes) is 1. The van der Waals surface area contributed by atoms with Crippen LogP contribution in [-0.2, 0) is 13.1 Å². The average Bonchev–Trinajstić information content (AvgIpc) is 2.40. The molecule has 2 rings (SSSR count). The third kappa shape index (κ3) is 1.98. The minimum Gasteiger partial charge on any atom is -0.302 e. The van der Waals surface area contributed by atoms with Crippen LogP contribution in [0.2, 0.25) is 0 Å². The minimum absolute atomic E-state index is 0.413. The quantitative estimate of drug-likeness (QED) is 0.774. The summed E-state index contributed by atoms with van der Waals surface area (Å²) in [5.41, 5.74) is 0.842. The maximum Gasteiger partial charge on any atom is 0.316 e. The maximum absolute atomic E-state index is 12.1. The van der Waals surface area contributed by atoms with Crippen LogP contribution in [0.5, 0.6) is 0 Å². The van der Waals surface area contributed by atoms with E-state index < -0.39 is 11.1 Å². The van der Waals surface area contributed by atoms with Gasteiger partial charge in [-0.25, -0.2) is 0 Å². The second-order valence-corrected chi connectivity index (χ2v) is 4.35. The Morgan fingerprint density at radius 3 is 2.06 bits per heavy atom. The van der Waals surface area contributed by atoms with Crippen LogP contribution >= 0.6 is 0 Å². The van der Waals surface area contributed by atoms with Crippen LogP contribution in [-0.4, -0.2) is 9.13 Å². The summed E-state index contributed by atoms with van der Waals surface area (Å²) in [6.07, 6.45) is 1.90. The van der Waals surface area contributed by atoms with Crippen molar-refractivity contribution in [2.75, 3.05) is 0 Å². The zero-order valence-corrected chi connectivity index (χ0v) is 10.8. The second-order valence-electron chi connectivity index (χ2n) is 4.35. The molecular weight excluding hydrogens is 228 g/mol. The molecule has 0 aliphatic rings. The first-order valence-corrected chi connectivity index (χ1v) is 6.43. The Labute approximate surface area is 105 Å². The van der Waals surface area contributed by atoms with Gasteiger partial charge in [0.1, 0.15) is 0 Å². The number of aryl methyl sites for hydroxylation is 2. The van der Waals surface area contributed by atoms with Gasteiger partial charge in [0.15, 0.2) is 0 Å². The lowest BCUT2D eigenvalue weighted by molar-refractivity contribution is 0.610. The summed E-state index contributed by atoms with van der Waals surface area (Å²) in [6.45, 7) is 5.07. The number of hydrogen-bond acceptors (Lipinski definition) is 2. The Balaban J connectivity index is 2.82. The summed E-state index contributed by atoms with van der Waals surface area (Å²) in [5, 5.41) is 0. The smallest absolute Gasteiger partial charge is 0.302 e. The van der Waals surface area contributed by atoms with E-state index in [0.717, 1.165) is 23.9 Å². The summed E-state index contributed by atoms with van der Waals surface area (Å²) >= 11 is 0. The second kappa shape index (κ2) is 5.21. The van der Waals surface area contributed by atoms with Crippen LogP contribution in [0.15, 0.2) is 33.9 Å². The lowest BCUT2D eigenvalue weighted by Gasteiger charge is -2.13. The molecule has 2 aromatic rings. The fraction of sp³-hybridized carbons (Fsp3) is 0.429. The zero-order chi connectivity index (χ0) is 13.1. The molecule has 0 atom stereocenters. The van der Waals surface area contributed by atoms with Crippen molar-refractivity contribution >= 4 is 11.0 Å². The molecule has 0 aliphatic heterocycles. The van der Waals surface area contributed by atoms with E-state index >= 15 is 0 Å². The highest BCUT2D eigenvalue weighted by Gasteiger charge is 2.10. The van der Waals surface area contributed by atoms with Crippen molar-refractivity contribution in [3.05, 3.63) is 45.0 Å². The molecule has 0 N–H and O–H groups in total. The van der Waals surface area contributed by atoms with Gasteiger partial charge in [-0.3, -0.25) is 9.59 Å². The molecule has 0 amide bonds. The highest BCUT2D eigenvalue weighted by atomic mass is 16.2. The van der Waals surface area contributed by atoms with Crippen LogP contribution in [0.1, 0.15) is 26.7 Å². The van der Waals surface area contributed by atoms with Gasteiger partial charge in [0.2, 0.25) is 0 Å². The molecule has 1 aromatic carbocycles. The van der Waals surface area contributed by atoms with Crippen LogP contribution in [0.4, 0.5) is 0 Å². The fourth-order valence-corrected chi connectivity index (χ4v) is 2.22. The molecule has 0 fully saturated rings. The molecule has 96 valence electrons. The summed E-state index contributed by atoms with van der Waals surface area (Å²) in [6, 6.07) is 7.58. The monoisotopic (exact) mass is 246 g/mol. The zero-order valence-electron chi connectivity index (χ0n) is 10.8. The summed E-state index contributed by atoms with van der Waals surface area (Å²) in [5.74, 6) is 0. The van der Waals surface area contributed by atoms with Crippen molar-refractivity contribution in [1.82, 2.24) is 9.13 Å². The SMILES string of the molecule is CCCCn1c(=O)c(=O)n(CC)c2ccccc21. The molecule has 4 heteroatoms. The Morgan fingerprint density at radius 2 is 1.50 bits per heavy atom. The maximum atomic E-state index is 12.1. The van der Waals surface area contributed by atoms with E-state index in [1.807, 2.05) is 31.2 Å². The summed E-state index contributed by atoms with van der Waals surface area (Å²) in [7, 11) is 0. The van der Waals surface area contributed by atoms with E-state index in [-0.39, 0.29) is 0 Å². The van der Waals surface area contributed by atoms with Gasteiger partial charge in [0, 0.05) is 13.1 Å². The molecule has 0 radical (unpaired) electrons. The van der Waals surface area contributed by atoms with E-state index in [0.29, 0.717) is 13.1 Å².